The highest BCUT2D eigenvalue weighted by atomic mass is 32.2. The van der Waals surface area contributed by atoms with Crippen LogP contribution in [-0.2, 0) is 27.0 Å². The van der Waals surface area contributed by atoms with Gasteiger partial charge in [0, 0.05) is 42.7 Å². The highest BCUT2D eigenvalue weighted by molar-refractivity contribution is 7.83. The van der Waals surface area contributed by atoms with Crippen molar-refractivity contribution in [1.29, 1.82) is 0 Å². The molecule has 0 N–H and O–H groups in total. The molecular formula is C21H26N2O5S. The summed E-state index contributed by atoms with van der Waals surface area (Å²) in [6, 6.07) is 11.3. The van der Waals surface area contributed by atoms with E-state index in [0.29, 0.717) is 44.3 Å². The maximum absolute atomic E-state index is 12.6. The monoisotopic (exact) mass is 418 g/mol. The van der Waals surface area contributed by atoms with Crippen LogP contribution in [-0.4, -0.2) is 58.8 Å². The molecule has 2 heterocycles. The van der Waals surface area contributed by atoms with Crippen LogP contribution in [0.1, 0.15) is 34.4 Å². The minimum Gasteiger partial charge on any atom is -0.455 e. The molecule has 0 radical (unpaired) electrons. The van der Waals surface area contributed by atoms with Crippen molar-refractivity contribution in [2.24, 2.45) is 0 Å². The first-order chi connectivity index (χ1) is 14.0. The Hall–Kier alpha value is -2.61. The van der Waals surface area contributed by atoms with Gasteiger partial charge < -0.3 is 19.0 Å². The Morgan fingerprint density at radius 1 is 1.00 bits per heavy atom. The van der Waals surface area contributed by atoms with Crippen LogP contribution in [0.2, 0.25) is 0 Å². The molecule has 1 saturated heterocycles. The highest BCUT2D eigenvalue weighted by Gasteiger charge is 2.27. The largest absolute Gasteiger partial charge is 0.455 e. The van der Waals surface area contributed by atoms with Crippen LogP contribution in [0.3, 0.4) is 0 Å². The molecule has 0 bridgehead atoms. The highest BCUT2D eigenvalue weighted by Crippen LogP contribution is 2.16. The van der Waals surface area contributed by atoms with Crippen molar-refractivity contribution in [3.63, 3.8) is 0 Å². The van der Waals surface area contributed by atoms with E-state index in [0.717, 1.165) is 11.1 Å². The van der Waals surface area contributed by atoms with E-state index in [-0.39, 0.29) is 23.5 Å². The standard InChI is InChI=1S/C21H26N2O5S/c1-3-27-21(25)23-12-10-22(11-13-23)20(24)19-9-8-18(28-19)15-29(26)14-17-6-4-16(2)5-7-17/h4-9H,3,10-15H2,1-2H3/t29-/m1/s1. The van der Waals surface area contributed by atoms with Gasteiger partial charge in [0.1, 0.15) is 5.76 Å². The van der Waals surface area contributed by atoms with E-state index in [9.17, 15) is 13.8 Å². The predicted octanol–water partition coefficient (Wildman–Crippen LogP) is 2.95. The minimum absolute atomic E-state index is 0.218. The molecule has 1 aliphatic heterocycles. The Morgan fingerprint density at radius 3 is 2.31 bits per heavy atom. The zero-order valence-corrected chi connectivity index (χ0v) is 17.6. The summed E-state index contributed by atoms with van der Waals surface area (Å²) in [5, 5.41) is 0. The molecule has 1 aromatic heterocycles. The molecule has 0 saturated carbocycles. The Balaban J connectivity index is 1.51. The zero-order valence-electron chi connectivity index (χ0n) is 16.8. The van der Waals surface area contributed by atoms with Gasteiger partial charge in [0.2, 0.25) is 0 Å². The molecule has 1 aliphatic rings. The number of piperazine rings is 1. The Kier molecular flexibility index (Phi) is 7.09. The van der Waals surface area contributed by atoms with Crippen LogP contribution >= 0.6 is 0 Å². The third kappa shape index (κ3) is 5.69. The first-order valence-electron chi connectivity index (χ1n) is 9.66. The molecular weight excluding hydrogens is 392 g/mol. The number of amides is 2. The molecule has 7 nitrogen and oxygen atoms in total. The minimum atomic E-state index is -1.12. The van der Waals surface area contributed by atoms with Crippen LogP contribution in [0.4, 0.5) is 4.79 Å². The number of benzene rings is 1. The van der Waals surface area contributed by atoms with Gasteiger partial charge in [-0.2, -0.15) is 0 Å². The molecule has 156 valence electrons. The van der Waals surface area contributed by atoms with Crippen LogP contribution in [0.25, 0.3) is 0 Å². The van der Waals surface area contributed by atoms with Gasteiger partial charge in [-0.1, -0.05) is 29.8 Å². The van der Waals surface area contributed by atoms with Crippen molar-refractivity contribution in [3.05, 3.63) is 59.0 Å². The molecule has 1 fully saturated rings. The Bertz CT molecular complexity index is 869. The van der Waals surface area contributed by atoms with Crippen LogP contribution in [0, 0.1) is 6.92 Å². The maximum atomic E-state index is 12.6. The van der Waals surface area contributed by atoms with Crippen molar-refractivity contribution >= 4 is 22.8 Å². The smallest absolute Gasteiger partial charge is 0.409 e. The number of ether oxygens (including phenoxy) is 1. The van der Waals surface area contributed by atoms with Gasteiger partial charge in [0.05, 0.1) is 12.4 Å². The molecule has 1 atom stereocenters. The number of aryl methyl sites for hydroxylation is 1. The molecule has 0 unspecified atom stereocenters. The molecule has 8 heteroatoms. The quantitative estimate of drug-likeness (QED) is 0.721. The first kappa shape index (κ1) is 21.1. The number of rotatable bonds is 6. The van der Waals surface area contributed by atoms with Crippen molar-refractivity contribution in [1.82, 2.24) is 9.80 Å². The first-order valence-corrected chi connectivity index (χ1v) is 11.1. The van der Waals surface area contributed by atoms with Gasteiger partial charge in [-0.05, 0) is 31.5 Å². The van der Waals surface area contributed by atoms with Gasteiger partial charge in [-0.25, -0.2) is 4.79 Å². The second-order valence-electron chi connectivity index (χ2n) is 6.96. The molecule has 0 spiro atoms. The van der Waals surface area contributed by atoms with Crippen LogP contribution in [0.15, 0.2) is 40.8 Å². The fourth-order valence-corrected chi connectivity index (χ4v) is 4.25. The van der Waals surface area contributed by atoms with Crippen molar-refractivity contribution < 1.29 is 23.0 Å². The third-order valence-electron chi connectivity index (χ3n) is 4.72. The summed E-state index contributed by atoms with van der Waals surface area (Å²) in [5.41, 5.74) is 2.17. The number of carbonyl (C=O) groups excluding carboxylic acids is 2. The average molecular weight is 419 g/mol. The summed E-state index contributed by atoms with van der Waals surface area (Å²) in [6.45, 7) is 5.81. The molecule has 0 aliphatic carbocycles. The number of hydrogen-bond donors (Lipinski definition) is 0. The van der Waals surface area contributed by atoms with E-state index in [4.69, 9.17) is 9.15 Å². The van der Waals surface area contributed by atoms with Gasteiger partial charge in [0.25, 0.3) is 5.91 Å². The van der Waals surface area contributed by atoms with Crippen LogP contribution in [0.5, 0.6) is 0 Å². The summed E-state index contributed by atoms with van der Waals surface area (Å²) < 4.78 is 23.0. The van der Waals surface area contributed by atoms with E-state index in [2.05, 4.69) is 0 Å². The third-order valence-corrected chi connectivity index (χ3v) is 5.98. The van der Waals surface area contributed by atoms with Crippen molar-refractivity contribution in [2.75, 3.05) is 32.8 Å². The summed E-state index contributed by atoms with van der Waals surface area (Å²) in [4.78, 5) is 27.6. The molecule has 2 aromatic rings. The van der Waals surface area contributed by atoms with Crippen molar-refractivity contribution in [2.45, 2.75) is 25.4 Å². The summed E-state index contributed by atoms with van der Waals surface area (Å²) in [7, 11) is -1.12. The van der Waals surface area contributed by atoms with Gasteiger partial charge in [0.15, 0.2) is 5.76 Å². The number of hydrogen-bond acceptors (Lipinski definition) is 5. The number of furan rings is 1. The normalized spacial score (nSPS) is 15.2. The lowest BCUT2D eigenvalue weighted by Gasteiger charge is -2.33. The van der Waals surface area contributed by atoms with Gasteiger partial charge in [-0.15, -0.1) is 0 Å². The summed E-state index contributed by atoms with van der Waals surface area (Å²) in [5.74, 6) is 1.25. The summed E-state index contributed by atoms with van der Waals surface area (Å²) >= 11 is 0. The second-order valence-corrected chi connectivity index (χ2v) is 8.42. The van der Waals surface area contributed by atoms with Gasteiger partial charge >= 0.3 is 6.09 Å². The van der Waals surface area contributed by atoms with Crippen molar-refractivity contribution in [3.8, 4) is 0 Å². The topological polar surface area (TPSA) is 80.1 Å². The molecule has 29 heavy (non-hydrogen) atoms. The number of carbonyl (C=O) groups is 2. The maximum Gasteiger partial charge on any atom is 0.409 e. The lowest BCUT2D eigenvalue weighted by molar-refractivity contribution is 0.0545. The lowest BCUT2D eigenvalue weighted by atomic mass is 10.2. The van der Waals surface area contributed by atoms with Gasteiger partial charge in [-0.3, -0.25) is 9.00 Å². The molecule has 1 aromatic carbocycles. The Morgan fingerprint density at radius 2 is 1.66 bits per heavy atom. The molecule has 2 amide bonds. The van der Waals surface area contributed by atoms with E-state index in [1.807, 2.05) is 31.2 Å². The zero-order chi connectivity index (χ0) is 20.8. The molecule has 3 rings (SSSR count). The van der Waals surface area contributed by atoms with E-state index >= 15 is 0 Å². The fraction of sp³-hybridized carbons (Fsp3) is 0.429. The van der Waals surface area contributed by atoms with E-state index in [1.54, 1.807) is 28.9 Å². The van der Waals surface area contributed by atoms with E-state index in [1.165, 1.54) is 0 Å². The Labute approximate surface area is 173 Å². The fourth-order valence-electron chi connectivity index (χ4n) is 3.11. The lowest BCUT2D eigenvalue weighted by Crippen LogP contribution is -2.50. The van der Waals surface area contributed by atoms with Crippen LogP contribution < -0.4 is 0 Å². The SMILES string of the molecule is CCOC(=O)N1CCN(C(=O)c2ccc(C[S@](=O)Cc3ccc(C)cc3)o2)CC1. The average Bonchev–Trinajstić information content (AvgIpc) is 3.18. The van der Waals surface area contributed by atoms with E-state index < -0.39 is 10.8 Å². The second kappa shape index (κ2) is 9.73. The predicted molar refractivity (Wildman–Crippen MR) is 110 cm³/mol. The number of nitrogens with zero attached hydrogens (tertiary/aromatic N) is 2. The summed E-state index contributed by atoms with van der Waals surface area (Å²) in [6.07, 6.45) is -0.351.